The molecule has 0 spiro atoms. The summed E-state index contributed by atoms with van der Waals surface area (Å²) in [6.07, 6.45) is 4.23. The highest BCUT2D eigenvalue weighted by molar-refractivity contribution is 6.11. The lowest BCUT2D eigenvalue weighted by Gasteiger charge is -2.27. The number of anilines is 1. The smallest absolute Gasteiger partial charge is 0.251 e. The fourth-order valence-corrected chi connectivity index (χ4v) is 4.13. The van der Waals surface area contributed by atoms with E-state index in [0.29, 0.717) is 35.3 Å². The molecule has 4 rings (SSSR count). The predicted molar refractivity (Wildman–Crippen MR) is 141 cm³/mol. The van der Waals surface area contributed by atoms with Crippen LogP contribution in [-0.4, -0.2) is 57.8 Å². The molecule has 0 unspecified atom stereocenters. The van der Waals surface area contributed by atoms with Crippen LogP contribution >= 0.6 is 12.4 Å². The zero-order valence-corrected chi connectivity index (χ0v) is 21.0. The molecular weight excluding hydrogens is 496 g/mol. The van der Waals surface area contributed by atoms with E-state index in [2.05, 4.69) is 25.9 Å². The third kappa shape index (κ3) is 6.81. The van der Waals surface area contributed by atoms with Crippen molar-refractivity contribution in [2.75, 3.05) is 18.8 Å². The Hall–Kier alpha value is -4.02. The number of aromatic nitrogens is 2. The van der Waals surface area contributed by atoms with E-state index in [1.165, 1.54) is 24.5 Å². The summed E-state index contributed by atoms with van der Waals surface area (Å²) in [4.78, 5) is 46.4. The third-order valence-electron chi connectivity index (χ3n) is 6.07. The van der Waals surface area contributed by atoms with Crippen LogP contribution in [0.15, 0.2) is 54.9 Å². The normalized spacial score (nSPS) is 17.1. The summed E-state index contributed by atoms with van der Waals surface area (Å²) < 4.78 is 0. The summed E-state index contributed by atoms with van der Waals surface area (Å²) in [5, 5.41) is 19.3. The highest BCUT2D eigenvalue weighted by Gasteiger charge is 2.27. The SMILES string of the molecule is Cc1cc(C(=O)c2ccc(C(=O)N[C@@H]3CCCNC[C@H]3NC(=O)c3ccnc(N)c3)cc2)c(O)cn1.Cl. The molecule has 1 aliphatic rings. The van der Waals surface area contributed by atoms with Gasteiger partial charge in [-0.2, -0.15) is 0 Å². The maximum Gasteiger partial charge on any atom is 0.251 e. The maximum atomic E-state index is 13.0. The van der Waals surface area contributed by atoms with Crippen molar-refractivity contribution in [2.24, 2.45) is 0 Å². The van der Waals surface area contributed by atoms with Crippen LogP contribution in [0.1, 0.15) is 55.2 Å². The maximum absolute atomic E-state index is 13.0. The highest BCUT2D eigenvalue weighted by Crippen LogP contribution is 2.21. The van der Waals surface area contributed by atoms with Crippen LogP contribution in [0, 0.1) is 6.92 Å². The largest absolute Gasteiger partial charge is 0.506 e. The van der Waals surface area contributed by atoms with Gasteiger partial charge in [0.15, 0.2) is 5.78 Å². The van der Waals surface area contributed by atoms with E-state index < -0.39 is 0 Å². The first-order chi connectivity index (χ1) is 17.3. The van der Waals surface area contributed by atoms with Crippen molar-refractivity contribution >= 4 is 35.8 Å². The lowest BCUT2D eigenvalue weighted by molar-refractivity contribution is 0.0882. The Morgan fingerprint density at radius 1 is 0.973 bits per heavy atom. The number of aryl methyl sites for hydroxylation is 1. The van der Waals surface area contributed by atoms with Crippen molar-refractivity contribution in [1.29, 1.82) is 0 Å². The average molecular weight is 525 g/mol. The van der Waals surface area contributed by atoms with Gasteiger partial charge in [-0.1, -0.05) is 12.1 Å². The summed E-state index contributed by atoms with van der Waals surface area (Å²) >= 11 is 0. The number of carbonyl (C=O) groups is 3. The van der Waals surface area contributed by atoms with Gasteiger partial charge >= 0.3 is 0 Å². The average Bonchev–Trinajstić information content (AvgIpc) is 3.10. The molecule has 10 nitrogen and oxygen atoms in total. The van der Waals surface area contributed by atoms with E-state index in [0.717, 1.165) is 13.0 Å². The number of amides is 2. The Morgan fingerprint density at radius 3 is 2.38 bits per heavy atom. The molecule has 2 amide bonds. The number of carbonyl (C=O) groups excluding carboxylic acids is 3. The number of pyridine rings is 2. The lowest BCUT2D eigenvalue weighted by Crippen LogP contribution is -2.54. The number of nitrogen functional groups attached to an aromatic ring is 1. The van der Waals surface area contributed by atoms with Crippen molar-refractivity contribution < 1.29 is 19.5 Å². The van der Waals surface area contributed by atoms with Crippen LogP contribution in [0.5, 0.6) is 5.75 Å². The molecule has 1 fully saturated rings. The Labute approximate surface area is 220 Å². The van der Waals surface area contributed by atoms with E-state index in [-0.39, 0.29) is 59.2 Å². The van der Waals surface area contributed by atoms with Gasteiger partial charge in [0, 0.05) is 35.1 Å². The second-order valence-corrected chi connectivity index (χ2v) is 8.72. The highest BCUT2D eigenvalue weighted by atomic mass is 35.5. The molecule has 0 radical (unpaired) electrons. The topological polar surface area (TPSA) is 159 Å². The van der Waals surface area contributed by atoms with Gasteiger partial charge in [0.05, 0.1) is 23.8 Å². The molecule has 11 heteroatoms. The first kappa shape index (κ1) is 27.6. The molecule has 1 aromatic carbocycles. The second kappa shape index (κ2) is 12.3. The molecule has 0 saturated carbocycles. The van der Waals surface area contributed by atoms with Crippen molar-refractivity contribution in [3.05, 3.63) is 82.8 Å². The number of nitrogens with zero attached hydrogens (tertiary/aromatic N) is 2. The van der Waals surface area contributed by atoms with E-state index >= 15 is 0 Å². The molecule has 1 aliphatic heterocycles. The van der Waals surface area contributed by atoms with Crippen LogP contribution < -0.4 is 21.7 Å². The first-order valence-corrected chi connectivity index (χ1v) is 11.7. The van der Waals surface area contributed by atoms with Gasteiger partial charge < -0.3 is 26.8 Å². The quantitative estimate of drug-likeness (QED) is 0.306. The minimum Gasteiger partial charge on any atom is -0.506 e. The van der Waals surface area contributed by atoms with Crippen LogP contribution in [0.3, 0.4) is 0 Å². The fraction of sp³-hybridized carbons (Fsp3) is 0.269. The summed E-state index contributed by atoms with van der Waals surface area (Å²) in [6.45, 7) is 3.01. The van der Waals surface area contributed by atoms with Gasteiger partial charge in [0.2, 0.25) is 0 Å². The number of hydrogen-bond acceptors (Lipinski definition) is 8. The van der Waals surface area contributed by atoms with Crippen molar-refractivity contribution in [1.82, 2.24) is 25.9 Å². The fourth-order valence-electron chi connectivity index (χ4n) is 4.13. The second-order valence-electron chi connectivity index (χ2n) is 8.72. The first-order valence-electron chi connectivity index (χ1n) is 11.7. The van der Waals surface area contributed by atoms with Gasteiger partial charge in [0.1, 0.15) is 11.6 Å². The zero-order chi connectivity index (χ0) is 25.7. The van der Waals surface area contributed by atoms with Crippen LogP contribution in [0.25, 0.3) is 0 Å². The molecule has 2 atom stereocenters. The predicted octanol–water partition coefficient (Wildman–Crippen LogP) is 2.01. The van der Waals surface area contributed by atoms with Crippen molar-refractivity contribution in [3.8, 4) is 5.75 Å². The van der Waals surface area contributed by atoms with Crippen LogP contribution in [-0.2, 0) is 0 Å². The van der Waals surface area contributed by atoms with E-state index in [1.54, 1.807) is 37.3 Å². The molecule has 3 heterocycles. The van der Waals surface area contributed by atoms with Crippen LogP contribution in [0.4, 0.5) is 5.82 Å². The number of halogens is 1. The van der Waals surface area contributed by atoms with E-state index in [9.17, 15) is 19.5 Å². The lowest BCUT2D eigenvalue weighted by atomic mass is 10.0. The van der Waals surface area contributed by atoms with Crippen molar-refractivity contribution in [3.63, 3.8) is 0 Å². The van der Waals surface area contributed by atoms with Gasteiger partial charge in [-0.25, -0.2) is 4.98 Å². The van der Waals surface area contributed by atoms with Crippen molar-refractivity contribution in [2.45, 2.75) is 31.8 Å². The molecule has 6 N–H and O–H groups in total. The van der Waals surface area contributed by atoms with E-state index in [4.69, 9.17) is 5.73 Å². The van der Waals surface area contributed by atoms with Gasteiger partial charge in [-0.15, -0.1) is 12.4 Å². The minimum atomic E-state index is -0.362. The number of rotatable bonds is 6. The summed E-state index contributed by atoms with van der Waals surface area (Å²) in [5.41, 5.74) is 7.57. The number of nitrogens with two attached hydrogens (primary N) is 1. The molecule has 1 saturated heterocycles. The standard InChI is InChI=1S/C26H28N6O4.ClH/c1-15-11-19(22(33)14-30-15)24(34)16-4-6-17(7-5-16)25(35)31-20-3-2-9-28-13-21(20)32-26(36)18-8-10-29-23(27)12-18;/h4-8,10-12,14,20-21,28,33H,2-3,9,13H2,1H3,(H2,27,29)(H,31,35)(H,32,36);1H/t20-,21-;/m1./s1. The van der Waals surface area contributed by atoms with Crippen LogP contribution in [0.2, 0.25) is 0 Å². The Balaban J connectivity index is 0.00000380. The number of benzene rings is 1. The van der Waals surface area contributed by atoms with Gasteiger partial charge in [-0.3, -0.25) is 19.4 Å². The Kier molecular flexibility index (Phi) is 9.15. The van der Waals surface area contributed by atoms with Gasteiger partial charge in [0.25, 0.3) is 11.8 Å². The molecule has 0 bridgehead atoms. The number of hydrogen-bond donors (Lipinski definition) is 5. The Morgan fingerprint density at radius 2 is 1.65 bits per heavy atom. The number of nitrogens with one attached hydrogen (secondary N) is 3. The third-order valence-corrected chi connectivity index (χ3v) is 6.07. The number of ketones is 1. The summed E-state index contributed by atoms with van der Waals surface area (Å²) in [7, 11) is 0. The Bertz CT molecular complexity index is 1280. The number of aromatic hydroxyl groups is 1. The molecule has 37 heavy (non-hydrogen) atoms. The molecular formula is C26H29ClN6O4. The molecule has 3 aromatic rings. The summed E-state index contributed by atoms with van der Waals surface area (Å²) in [5.74, 6) is -0.913. The minimum absolute atomic E-state index is 0. The molecule has 194 valence electrons. The monoisotopic (exact) mass is 524 g/mol. The molecule has 2 aromatic heterocycles. The van der Waals surface area contributed by atoms with E-state index in [1.807, 2.05) is 0 Å². The summed E-state index contributed by atoms with van der Waals surface area (Å²) in [6, 6.07) is 10.2. The zero-order valence-electron chi connectivity index (χ0n) is 20.2. The molecule has 0 aliphatic carbocycles. The van der Waals surface area contributed by atoms with Gasteiger partial charge in [-0.05, 0) is 56.6 Å².